The number of hydrogen-bond acceptors (Lipinski definition) is 0. The molecule has 0 spiro atoms. The first-order valence-corrected chi connectivity index (χ1v) is 6.51. The first-order chi connectivity index (χ1) is 7.90. The minimum atomic E-state index is 0.875. The molecule has 86 valence electrons. The Kier molecular flexibility index (Phi) is 4.21. The van der Waals surface area contributed by atoms with Gasteiger partial charge in [-0.3, -0.25) is 0 Å². The molecule has 0 heterocycles. The van der Waals surface area contributed by atoms with E-state index in [0.29, 0.717) is 0 Å². The summed E-state index contributed by atoms with van der Waals surface area (Å²) in [6.45, 7) is 2.12. The largest absolute Gasteiger partial charge is 0.0914 e. The summed E-state index contributed by atoms with van der Waals surface area (Å²) in [5.41, 5.74) is 0. The second-order valence-electron chi connectivity index (χ2n) is 4.88. The molecule has 0 nitrogen and oxygen atoms in total. The lowest BCUT2D eigenvalue weighted by Gasteiger charge is -2.12. The fraction of sp³-hybridized carbons (Fsp3) is 0.500. The molecular weight excluding hydrogens is 192 g/mol. The normalized spacial score (nSPS) is 34.4. The van der Waals surface area contributed by atoms with Crippen molar-refractivity contribution in [1.82, 2.24) is 0 Å². The van der Waals surface area contributed by atoms with Gasteiger partial charge in [-0.15, -0.1) is 0 Å². The predicted molar refractivity (Wildman–Crippen MR) is 71.2 cm³/mol. The fourth-order valence-electron chi connectivity index (χ4n) is 2.83. The molecule has 0 radical (unpaired) electrons. The van der Waals surface area contributed by atoms with Crippen molar-refractivity contribution in [3.05, 3.63) is 48.6 Å². The van der Waals surface area contributed by atoms with Gasteiger partial charge in [0.15, 0.2) is 0 Å². The average molecular weight is 214 g/mol. The Morgan fingerprint density at radius 1 is 0.938 bits per heavy atom. The van der Waals surface area contributed by atoms with Crippen LogP contribution in [0.1, 0.15) is 32.6 Å². The Morgan fingerprint density at radius 3 is 2.00 bits per heavy atom. The number of hydrogen-bond donors (Lipinski definition) is 0. The third kappa shape index (κ3) is 2.98. The van der Waals surface area contributed by atoms with Gasteiger partial charge in [0.2, 0.25) is 0 Å². The molecule has 0 aromatic carbocycles. The monoisotopic (exact) mass is 214 g/mol. The summed E-state index contributed by atoms with van der Waals surface area (Å²) in [5.74, 6) is 2.69. The Morgan fingerprint density at radius 2 is 1.62 bits per heavy atom. The van der Waals surface area contributed by atoms with Gasteiger partial charge in [0.05, 0.1) is 0 Å². The maximum atomic E-state index is 2.40. The lowest BCUT2D eigenvalue weighted by atomic mass is 9.93. The molecule has 16 heavy (non-hydrogen) atoms. The molecule has 2 bridgehead atoms. The van der Waals surface area contributed by atoms with E-state index in [1.807, 2.05) is 0 Å². The molecule has 1 fully saturated rings. The van der Waals surface area contributed by atoms with E-state index in [1.165, 1.54) is 12.8 Å². The Labute approximate surface area is 99.4 Å². The quantitative estimate of drug-likeness (QED) is 0.556. The molecule has 3 unspecified atom stereocenters. The maximum Gasteiger partial charge on any atom is -0.0165 e. The predicted octanol–water partition coefficient (Wildman–Crippen LogP) is 4.67. The van der Waals surface area contributed by atoms with Gasteiger partial charge in [-0.05, 0) is 50.4 Å². The highest BCUT2D eigenvalue weighted by Crippen LogP contribution is 2.43. The molecule has 0 aliphatic heterocycles. The lowest BCUT2D eigenvalue weighted by Crippen LogP contribution is -2.02. The molecule has 0 heteroatoms. The van der Waals surface area contributed by atoms with Crippen molar-refractivity contribution >= 4 is 0 Å². The van der Waals surface area contributed by atoms with E-state index in [1.54, 1.807) is 0 Å². The number of allylic oxidation sites excluding steroid dienone is 8. The van der Waals surface area contributed by atoms with Gasteiger partial charge in [-0.2, -0.15) is 0 Å². The molecule has 3 atom stereocenters. The molecule has 3 aliphatic rings. The van der Waals surface area contributed by atoms with Gasteiger partial charge in [0, 0.05) is 0 Å². The van der Waals surface area contributed by atoms with Crippen LogP contribution in [0.4, 0.5) is 0 Å². The van der Waals surface area contributed by atoms with Crippen LogP contribution in [0.3, 0.4) is 0 Å². The van der Waals surface area contributed by atoms with E-state index >= 15 is 0 Å². The molecule has 0 N–H and O–H groups in total. The van der Waals surface area contributed by atoms with Crippen LogP contribution in [-0.4, -0.2) is 0 Å². The molecule has 0 aromatic heterocycles. The van der Waals surface area contributed by atoms with Gasteiger partial charge in [-0.1, -0.05) is 48.6 Å². The molecule has 3 rings (SSSR count). The van der Waals surface area contributed by atoms with Crippen molar-refractivity contribution in [1.29, 1.82) is 0 Å². The molecule has 1 saturated carbocycles. The van der Waals surface area contributed by atoms with Gasteiger partial charge < -0.3 is 0 Å². The van der Waals surface area contributed by atoms with Crippen molar-refractivity contribution in [3.63, 3.8) is 0 Å². The summed E-state index contributed by atoms with van der Waals surface area (Å²) in [4.78, 5) is 0. The van der Waals surface area contributed by atoms with Crippen molar-refractivity contribution < 1.29 is 0 Å². The van der Waals surface area contributed by atoms with Crippen LogP contribution in [0.2, 0.25) is 0 Å². The third-order valence-electron chi connectivity index (χ3n) is 3.65. The highest BCUT2D eigenvalue weighted by molar-refractivity contribution is 5.14. The Hall–Kier alpha value is -1.04. The highest BCUT2D eigenvalue weighted by Gasteiger charge is 2.33. The highest BCUT2D eigenvalue weighted by atomic mass is 14.4. The molecule has 3 aliphatic carbocycles. The topological polar surface area (TPSA) is 0 Å². The van der Waals surface area contributed by atoms with E-state index in [-0.39, 0.29) is 0 Å². The van der Waals surface area contributed by atoms with Crippen molar-refractivity contribution in [3.8, 4) is 0 Å². The summed E-state index contributed by atoms with van der Waals surface area (Å²) in [6.07, 6.45) is 23.2. The van der Waals surface area contributed by atoms with Gasteiger partial charge in [0.1, 0.15) is 0 Å². The maximum absolute atomic E-state index is 2.40. The number of fused-ring (bicyclic) bond motifs is 2. The van der Waals surface area contributed by atoms with Crippen molar-refractivity contribution in [2.75, 3.05) is 0 Å². The van der Waals surface area contributed by atoms with Crippen LogP contribution in [-0.2, 0) is 0 Å². The standard InChI is InChI=1S/C10H14.C6H8/c1-2-3-9-6-8-4-5-10(9)7-8;1-2-4-6-5-3-1/h2-5,8-10H,6-7H2,1H3;1-2,5-6H,3-4H2. The zero-order valence-corrected chi connectivity index (χ0v) is 10.2. The average Bonchev–Trinajstić information content (AvgIpc) is 2.95. The van der Waals surface area contributed by atoms with E-state index in [2.05, 4.69) is 55.5 Å². The summed E-state index contributed by atoms with van der Waals surface area (Å²) in [6, 6.07) is 0. The summed E-state index contributed by atoms with van der Waals surface area (Å²) in [5, 5.41) is 0. The van der Waals surface area contributed by atoms with Crippen LogP contribution >= 0.6 is 0 Å². The minimum Gasteiger partial charge on any atom is -0.0914 e. The van der Waals surface area contributed by atoms with Crippen LogP contribution in [0.25, 0.3) is 0 Å². The smallest absolute Gasteiger partial charge is 0.0165 e. The summed E-state index contributed by atoms with van der Waals surface area (Å²) < 4.78 is 0. The van der Waals surface area contributed by atoms with Gasteiger partial charge >= 0.3 is 0 Å². The molecular formula is C16H22. The fourth-order valence-corrected chi connectivity index (χ4v) is 2.83. The first kappa shape index (κ1) is 11.4. The minimum absolute atomic E-state index is 0.875. The van der Waals surface area contributed by atoms with Crippen LogP contribution in [0.5, 0.6) is 0 Å². The zero-order chi connectivity index (χ0) is 11.2. The van der Waals surface area contributed by atoms with Crippen LogP contribution < -0.4 is 0 Å². The lowest BCUT2D eigenvalue weighted by molar-refractivity contribution is 0.549. The molecule has 0 amide bonds. The Bertz CT molecular complexity index is 297. The van der Waals surface area contributed by atoms with E-state index < -0.39 is 0 Å². The summed E-state index contributed by atoms with van der Waals surface area (Å²) in [7, 11) is 0. The Balaban J connectivity index is 0.000000138. The zero-order valence-electron chi connectivity index (χ0n) is 10.2. The van der Waals surface area contributed by atoms with Crippen molar-refractivity contribution in [2.45, 2.75) is 32.6 Å². The molecule has 0 aromatic rings. The summed E-state index contributed by atoms with van der Waals surface area (Å²) >= 11 is 0. The van der Waals surface area contributed by atoms with Crippen molar-refractivity contribution in [2.24, 2.45) is 17.8 Å². The van der Waals surface area contributed by atoms with E-state index in [0.717, 1.165) is 30.6 Å². The van der Waals surface area contributed by atoms with Crippen LogP contribution in [0, 0.1) is 17.8 Å². The van der Waals surface area contributed by atoms with E-state index in [4.69, 9.17) is 0 Å². The second kappa shape index (κ2) is 5.89. The second-order valence-corrected chi connectivity index (χ2v) is 4.88. The third-order valence-corrected chi connectivity index (χ3v) is 3.65. The van der Waals surface area contributed by atoms with Gasteiger partial charge in [0.25, 0.3) is 0 Å². The first-order valence-electron chi connectivity index (χ1n) is 6.51. The van der Waals surface area contributed by atoms with Gasteiger partial charge in [-0.25, -0.2) is 0 Å². The van der Waals surface area contributed by atoms with Crippen LogP contribution in [0.15, 0.2) is 48.6 Å². The SMILES string of the molecule is C1=CCC=CC1.CC=CC1CC2C=CC1C2. The molecule has 0 saturated heterocycles. The number of rotatable bonds is 1. The van der Waals surface area contributed by atoms with E-state index in [9.17, 15) is 0 Å².